The average molecular weight is 458 g/mol. The van der Waals surface area contributed by atoms with Crippen LogP contribution < -0.4 is 10.6 Å². The first-order chi connectivity index (χ1) is 15.3. The molecule has 3 rings (SSSR count). The molecule has 0 atom stereocenters. The van der Waals surface area contributed by atoms with Crippen molar-refractivity contribution in [2.24, 2.45) is 0 Å². The van der Waals surface area contributed by atoms with Crippen molar-refractivity contribution in [3.8, 4) is 0 Å². The number of nitrogens with one attached hydrogen (secondary N) is 2. The quantitative estimate of drug-likeness (QED) is 0.637. The van der Waals surface area contributed by atoms with Gasteiger partial charge in [0.2, 0.25) is 21.8 Å². The van der Waals surface area contributed by atoms with Crippen LogP contribution in [0.15, 0.2) is 53.4 Å². The second kappa shape index (κ2) is 11.2. The van der Waals surface area contributed by atoms with E-state index in [9.17, 15) is 18.0 Å². The van der Waals surface area contributed by atoms with Gasteiger partial charge in [0, 0.05) is 32.2 Å². The zero-order valence-corrected chi connectivity index (χ0v) is 19.3. The molecule has 2 amide bonds. The molecule has 8 heteroatoms. The molecule has 0 aromatic heterocycles. The molecule has 0 saturated carbocycles. The van der Waals surface area contributed by atoms with Crippen molar-refractivity contribution in [2.75, 3.05) is 25.0 Å². The van der Waals surface area contributed by atoms with E-state index in [-0.39, 0.29) is 18.2 Å². The summed E-state index contributed by atoms with van der Waals surface area (Å²) in [5.41, 5.74) is 2.53. The van der Waals surface area contributed by atoms with Crippen LogP contribution in [0.5, 0.6) is 0 Å². The highest BCUT2D eigenvalue weighted by molar-refractivity contribution is 7.89. The first-order valence-electron chi connectivity index (χ1n) is 11.1. The van der Waals surface area contributed by atoms with Crippen LogP contribution in [0.2, 0.25) is 0 Å². The SMILES string of the molecule is CC(=O)Nc1ccc(CC(=O)NCCc2ccc(S(=O)(=O)N3CCCCCC3)cc2)cc1. The largest absolute Gasteiger partial charge is 0.355 e. The summed E-state index contributed by atoms with van der Waals surface area (Å²) in [6, 6.07) is 14.1. The number of sulfonamides is 1. The van der Waals surface area contributed by atoms with Crippen LogP contribution in [0.3, 0.4) is 0 Å². The van der Waals surface area contributed by atoms with Gasteiger partial charge in [0.05, 0.1) is 11.3 Å². The van der Waals surface area contributed by atoms with Crippen LogP contribution in [-0.2, 0) is 32.5 Å². The van der Waals surface area contributed by atoms with Crippen LogP contribution in [0.1, 0.15) is 43.7 Å². The Morgan fingerprint density at radius 2 is 1.47 bits per heavy atom. The number of anilines is 1. The lowest BCUT2D eigenvalue weighted by Crippen LogP contribution is -2.31. The topological polar surface area (TPSA) is 95.6 Å². The number of carbonyl (C=O) groups excluding carboxylic acids is 2. The molecule has 1 fully saturated rings. The summed E-state index contributed by atoms with van der Waals surface area (Å²) in [6.07, 6.45) is 4.87. The highest BCUT2D eigenvalue weighted by atomic mass is 32.2. The maximum Gasteiger partial charge on any atom is 0.243 e. The molecule has 1 aliphatic heterocycles. The maximum absolute atomic E-state index is 12.9. The van der Waals surface area contributed by atoms with Gasteiger partial charge in [-0.25, -0.2) is 8.42 Å². The number of carbonyl (C=O) groups is 2. The average Bonchev–Trinajstić information content (AvgIpc) is 3.05. The standard InChI is InChI=1S/C24H31N3O4S/c1-19(28)26-22-10-6-21(7-11-22)18-24(29)25-15-14-20-8-12-23(13-9-20)32(30,31)27-16-4-2-3-5-17-27/h6-13H,2-5,14-18H2,1H3,(H,25,29)(H,26,28). The maximum atomic E-state index is 12.9. The third-order valence-corrected chi connectivity index (χ3v) is 7.41. The summed E-state index contributed by atoms with van der Waals surface area (Å²) in [5.74, 6) is -0.222. The minimum absolute atomic E-state index is 0.0855. The third-order valence-electron chi connectivity index (χ3n) is 5.50. The van der Waals surface area contributed by atoms with Crippen molar-refractivity contribution in [1.29, 1.82) is 0 Å². The zero-order valence-electron chi connectivity index (χ0n) is 18.5. The number of hydrogen-bond acceptors (Lipinski definition) is 4. The lowest BCUT2D eigenvalue weighted by molar-refractivity contribution is -0.120. The molecule has 0 aliphatic carbocycles. The summed E-state index contributed by atoms with van der Waals surface area (Å²) in [5, 5.41) is 5.59. The van der Waals surface area contributed by atoms with Gasteiger partial charge in [-0.15, -0.1) is 0 Å². The summed E-state index contributed by atoms with van der Waals surface area (Å²) >= 11 is 0. The Bertz CT molecular complexity index is 1010. The van der Waals surface area contributed by atoms with Crippen LogP contribution in [-0.4, -0.2) is 44.2 Å². The van der Waals surface area contributed by atoms with Crippen molar-refractivity contribution >= 4 is 27.5 Å². The zero-order chi connectivity index (χ0) is 23.0. The molecule has 1 heterocycles. The normalized spacial score (nSPS) is 15.0. The van der Waals surface area contributed by atoms with E-state index in [1.165, 1.54) is 6.92 Å². The monoisotopic (exact) mass is 457 g/mol. The van der Waals surface area contributed by atoms with Gasteiger partial charge < -0.3 is 10.6 Å². The van der Waals surface area contributed by atoms with Crippen molar-refractivity contribution in [3.63, 3.8) is 0 Å². The van der Waals surface area contributed by atoms with Crippen molar-refractivity contribution in [1.82, 2.24) is 9.62 Å². The van der Waals surface area contributed by atoms with E-state index in [1.807, 2.05) is 24.3 Å². The molecule has 0 radical (unpaired) electrons. The molecule has 2 aromatic rings. The number of benzene rings is 2. The molecule has 0 bridgehead atoms. The second-order valence-electron chi connectivity index (χ2n) is 8.12. The Kier molecular flexibility index (Phi) is 8.41. The Balaban J connectivity index is 1.46. The molecule has 1 saturated heterocycles. The lowest BCUT2D eigenvalue weighted by Gasteiger charge is -2.20. The molecule has 32 heavy (non-hydrogen) atoms. The predicted molar refractivity (Wildman–Crippen MR) is 125 cm³/mol. The molecule has 1 aliphatic rings. The van der Waals surface area contributed by atoms with Gasteiger partial charge in [-0.05, 0) is 54.7 Å². The Morgan fingerprint density at radius 1 is 0.875 bits per heavy atom. The lowest BCUT2D eigenvalue weighted by atomic mass is 10.1. The second-order valence-corrected chi connectivity index (χ2v) is 10.1. The number of nitrogens with zero attached hydrogens (tertiary/aromatic N) is 1. The van der Waals surface area contributed by atoms with E-state index < -0.39 is 10.0 Å². The van der Waals surface area contributed by atoms with Crippen LogP contribution in [0.4, 0.5) is 5.69 Å². The molecular formula is C24H31N3O4S. The molecule has 172 valence electrons. The minimum Gasteiger partial charge on any atom is -0.355 e. The van der Waals surface area contributed by atoms with Gasteiger partial charge in [0.25, 0.3) is 0 Å². The van der Waals surface area contributed by atoms with Crippen molar-refractivity contribution in [2.45, 2.75) is 50.3 Å². The van der Waals surface area contributed by atoms with Crippen molar-refractivity contribution in [3.05, 3.63) is 59.7 Å². The van der Waals surface area contributed by atoms with Gasteiger partial charge in [0.1, 0.15) is 0 Å². The number of hydrogen-bond donors (Lipinski definition) is 2. The first-order valence-corrected chi connectivity index (χ1v) is 12.5. The Labute approximate surface area is 190 Å². The van der Waals surface area contributed by atoms with Gasteiger partial charge in [-0.3, -0.25) is 9.59 Å². The van der Waals surface area contributed by atoms with Gasteiger partial charge in [0.15, 0.2) is 0 Å². The highest BCUT2D eigenvalue weighted by Gasteiger charge is 2.24. The predicted octanol–water partition coefficient (Wildman–Crippen LogP) is 3.11. The fourth-order valence-electron chi connectivity index (χ4n) is 3.76. The third kappa shape index (κ3) is 6.90. The van der Waals surface area contributed by atoms with Crippen LogP contribution in [0, 0.1) is 0 Å². The van der Waals surface area contributed by atoms with E-state index >= 15 is 0 Å². The molecular weight excluding hydrogens is 426 g/mol. The molecule has 7 nitrogen and oxygen atoms in total. The minimum atomic E-state index is -3.44. The summed E-state index contributed by atoms with van der Waals surface area (Å²) in [4.78, 5) is 23.6. The van der Waals surface area contributed by atoms with E-state index in [2.05, 4.69) is 10.6 Å². The van der Waals surface area contributed by atoms with Crippen LogP contribution in [0.25, 0.3) is 0 Å². The van der Waals surface area contributed by atoms with Gasteiger partial charge >= 0.3 is 0 Å². The number of amides is 2. The summed E-state index contributed by atoms with van der Waals surface area (Å²) in [7, 11) is -3.44. The summed E-state index contributed by atoms with van der Waals surface area (Å²) in [6.45, 7) is 3.10. The van der Waals surface area contributed by atoms with Gasteiger partial charge in [-0.1, -0.05) is 37.1 Å². The molecule has 2 N–H and O–H groups in total. The van der Waals surface area contributed by atoms with Gasteiger partial charge in [-0.2, -0.15) is 4.31 Å². The Morgan fingerprint density at radius 3 is 2.06 bits per heavy atom. The first kappa shape index (κ1) is 23.9. The smallest absolute Gasteiger partial charge is 0.243 e. The highest BCUT2D eigenvalue weighted by Crippen LogP contribution is 2.20. The molecule has 2 aromatic carbocycles. The number of rotatable bonds is 8. The van der Waals surface area contributed by atoms with Crippen molar-refractivity contribution < 1.29 is 18.0 Å². The van der Waals surface area contributed by atoms with Crippen LogP contribution >= 0.6 is 0 Å². The van der Waals surface area contributed by atoms with E-state index in [4.69, 9.17) is 0 Å². The fraction of sp³-hybridized carbons (Fsp3) is 0.417. The fourth-order valence-corrected chi connectivity index (χ4v) is 5.28. The molecule has 0 spiro atoms. The van der Waals surface area contributed by atoms with E-state index in [1.54, 1.807) is 28.6 Å². The van der Waals surface area contributed by atoms with E-state index in [0.717, 1.165) is 36.8 Å². The Hall–Kier alpha value is -2.71. The van der Waals surface area contributed by atoms with E-state index in [0.29, 0.717) is 36.6 Å². The molecule has 0 unspecified atom stereocenters. The summed E-state index contributed by atoms with van der Waals surface area (Å²) < 4.78 is 27.3.